The lowest BCUT2D eigenvalue weighted by Gasteiger charge is -2.11. The van der Waals surface area contributed by atoms with Gasteiger partial charge in [0.15, 0.2) is 11.5 Å². The summed E-state index contributed by atoms with van der Waals surface area (Å²) in [5, 5.41) is 4.41. The van der Waals surface area contributed by atoms with Crippen LogP contribution in [0, 0.1) is 0 Å². The zero-order valence-electron chi connectivity index (χ0n) is 15.4. The summed E-state index contributed by atoms with van der Waals surface area (Å²) in [6.07, 6.45) is 0.852. The maximum absolute atomic E-state index is 12.0. The Bertz CT molecular complexity index is 835. The summed E-state index contributed by atoms with van der Waals surface area (Å²) >= 11 is 1.15. The maximum atomic E-state index is 12.0. The molecule has 0 aliphatic heterocycles. The Labute approximate surface area is 163 Å². The van der Waals surface area contributed by atoms with Gasteiger partial charge >= 0.3 is 0 Å². The van der Waals surface area contributed by atoms with Gasteiger partial charge in [-0.3, -0.25) is 4.79 Å². The van der Waals surface area contributed by atoms with Crippen LogP contribution in [-0.2, 0) is 21.2 Å². The van der Waals surface area contributed by atoms with E-state index in [0.717, 1.165) is 16.9 Å². The maximum Gasteiger partial charge on any atom is 0.250 e. The Balaban J connectivity index is 1.73. The Hall–Kier alpha value is -2.10. The van der Waals surface area contributed by atoms with E-state index in [-0.39, 0.29) is 23.2 Å². The average Bonchev–Trinajstić information content (AvgIpc) is 3.20. The van der Waals surface area contributed by atoms with Gasteiger partial charge in [-0.15, -0.1) is 11.3 Å². The third-order valence-corrected chi connectivity index (χ3v) is 6.53. The van der Waals surface area contributed by atoms with Crippen LogP contribution in [0.3, 0.4) is 0 Å². The highest BCUT2D eigenvalue weighted by molar-refractivity contribution is 7.91. The van der Waals surface area contributed by atoms with Gasteiger partial charge in [0.05, 0.1) is 13.7 Å². The molecule has 0 spiro atoms. The van der Waals surface area contributed by atoms with Gasteiger partial charge in [0.25, 0.3) is 0 Å². The predicted molar refractivity (Wildman–Crippen MR) is 105 cm³/mol. The van der Waals surface area contributed by atoms with Crippen molar-refractivity contribution in [3.05, 3.63) is 41.3 Å². The zero-order chi connectivity index (χ0) is 19.7. The molecule has 1 amide bonds. The minimum absolute atomic E-state index is 0.141. The molecule has 2 aromatic rings. The molecule has 0 unspecified atom stereocenters. The molecule has 0 bridgehead atoms. The second-order valence-corrected chi connectivity index (χ2v) is 8.54. The lowest BCUT2D eigenvalue weighted by molar-refractivity contribution is -0.121. The third-order valence-electron chi connectivity index (χ3n) is 3.67. The Morgan fingerprint density at radius 2 is 2.00 bits per heavy atom. The first-order valence-corrected chi connectivity index (χ1v) is 10.9. The first-order chi connectivity index (χ1) is 13.0. The van der Waals surface area contributed by atoms with Crippen molar-refractivity contribution in [2.24, 2.45) is 0 Å². The molecule has 7 nitrogen and oxygen atoms in total. The fourth-order valence-electron chi connectivity index (χ4n) is 2.36. The molecule has 1 aromatic heterocycles. The van der Waals surface area contributed by atoms with Crippen LogP contribution in [0.25, 0.3) is 0 Å². The molecule has 148 valence electrons. The fourth-order valence-corrected chi connectivity index (χ4v) is 4.43. The quantitative estimate of drug-likeness (QED) is 0.552. The number of amides is 1. The van der Waals surface area contributed by atoms with Crippen molar-refractivity contribution in [1.29, 1.82) is 0 Å². The molecule has 0 saturated heterocycles. The molecular weight excluding hydrogens is 388 g/mol. The van der Waals surface area contributed by atoms with E-state index < -0.39 is 10.0 Å². The van der Waals surface area contributed by atoms with Gasteiger partial charge in [0.1, 0.15) is 4.21 Å². The smallest absolute Gasteiger partial charge is 0.250 e. The van der Waals surface area contributed by atoms with Crippen molar-refractivity contribution < 1.29 is 22.7 Å². The van der Waals surface area contributed by atoms with Crippen LogP contribution < -0.4 is 19.5 Å². The number of carbonyl (C=O) groups excluding carboxylic acids is 1. The summed E-state index contributed by atoms with van der Waals surface area (Å²) in [5.74, 6) is 1.17. The highest BCUT2D eigenvalue weighted by Crippen LogP contribution is 2.28. The Morgan fingerprint density at radius 1 is 1.19 bits per heavy atom. The molecule has 0 aliphatic carbocycles. The van der Waals surface area contributed by atoms with Crippen LogP contribution in [-0.4, -0.2) is 41.1 Å². The standard InChI is InChI=1S/C18H24N2O5S2/c1-3-25-15-8-6-14(13-16(15)24-2)7-9-17(21)19-10-11-20-27(22,23)18-5-4-12-26-18/h4-6,8,12-13,20H,3,7,9-11H2,1-2H3,(H,19,21). The number of carbonyl (C=O) groups is 1. The number of ether oxygens (including phenoxy) is 2. The molecular formula is C18H24N2O5S2. The molecule has 0 saturated carbocycles. The van der Waals surface area contributed by atoms with E-state index in [1.807, 2.05) is 25.1 Å². The van der Waals surface area contributed by atoms with Crippen LogP contribution in [0.4, 0.5) is 0 Å². The molecule has 9 heteroatoms. The molecule has 0 fully saturated rings. The number of rotatable bonds is 11. The van der Waals surface area contributed by atoms with E-state index in [2.05, 4.69) is 10.0 Å². The number of thiophene rings is 1. The van der Waals surface area contributed by atoms with Crippen molar-refractivity contribution >= 4 is 27.3 Å². The molecule has 1 heterocycles. The lowest BCUT2D eigenvalue weighted by atomic mass is 10.1. The van der Waals surface area contributed by atoms with Gasteiger partial charge in [0, 0.05) is 19.5 Å². The van der Waals surface area contributed by atoms with Crippen LogP contribution in [0.15, 0.2) is 39.9 Å². The highest BCUT2D eigenvalue weighted by Gasteiger charge is 2.14. The molecule has 0 atom stereocenters. The molecule has 2 N–H and O–H groups in total. The SMILES string of the molecule is CCOc1ccc(CCC(=O)NCCNS(=O)(=O)c2cccs2)cc1OC. The van der Waals surface area contributed by atoms with Gasteiger partial charge in [-0.2, -0.15) is 0 Å². The molecule has 1 aromatic carbocycles. The summed E-state index contributed by atoms with van der Waals surface area (Å²) in [4.78, 5) is 12.0. The van der Waals surface area contributed by atoms with Gasteiger partial charge in [-0.1, -0.05) is 12.1 Å². The van der Waals surface area contributed by atoms with E-state index >= 15 is 0 Å². The number of hydrogen-bond acceptors (Lipinski definition) is 6. The lowest BCUT2D eigenvalue weighted by Crippen LogP contribution is -2.34. The fraction of sp³-hybridized carbons (Fsp3) is 0.389. The minimum Gasteiger partial charge on any atom is -0.493 e. The van der Waals surface area contributed by atoms with Gasteiger partial charge in [0.2, 0.25) is 15.9 Å². The van der Waals surface area contributed by atoms with Crippen LogP contribution in [0.5, 0.6) is 11.5 Å². The van der Waals surface area contributed by atoms with Gasteiger partial charge in [-0.05, 0) is 42.5 Å². The van der Waals surface area contributed by atoms with Crippen LogP contribution in [0.1, 0.15) is 18.9 Å². The third kappa shape index (κ3) is 6.53. The number of nitrogens with one attached hydrogen (secondary N) is 2. The summed E-state index contributed by atoms with van der Waals surface area (Å²) in [6.45, 7) is 2.82. The van der Waals surface area contributed by atoms with Crippen LogP contribution >= 0.6 is 11.3 Å². The molecule has 0 aliphatic rings. The second kappa shape index (κ2) is 10.3. The van der Waals surface area contributed by atoms with E-state index in [1.54, 1.807) is 18.6 Å². The number of methoxy groups -OCH3 is 1. The first kappa shape index (κ1) is 21.2. The van der Waals surface area contributed by atoms with Gasteiger partial charge in [-0.25, -0.2) is 13.1 Å². The van der Waals surface area contributed by atoms with Gasteiger partial charge < -0.3 is 14.8 Å². The normalized spacial score (nSPS) is 11.2. The second-order valence-electron chi connectivity index (χ2n) is 5.60. The number of hydrogen-bond donors (Lipinski definition) is 2. The van der Waals surface area contributed by atoms with Crippen molar-refractivity contribution in [2.75, 3.05) is 26.8 Å². The topological polar surface area (TPSA) is 93.7 Å². The molecule has 27 heavy (non-hydrogen) atoms. The van der Waals surface area contributed by atoms with E-state index in [9.17, 15) is 13.2 Å². The highest BCUT2D eigenvalue weighted by atomic mass is 32.2. The molecule has 2 rings (SSSR count). The van der Waals surface area contributed by atoms with Crippen molar-refractivity contribution in [3.8, 4) is 11.5 Å². The first-order valence-electron chi connectivity index (χ1n) is 8.56. The number of sulfonamides is 1. The van der Waals surface area contributed by atoms with E-state index in [0.29, 0.717) is 30.9 Å². The van der Waals surface area contributed by atoms with E-state index in [4.69, 9.17) is 9.47 Å². The van der Waals surface area contributed by atoms with Crippen LogP contribution in [0.2, 0.25) is 0 Å². The average molecular weight is 413 g/mol. The zero-order valence-corrected chi connectivity index (χ0v) is 17.0. The van der Waals surface area contributed by atoms with Crippen molar-refractivity contribution in [3.63, 3.8) is 0 Å². The summed E-state index contributed by atoms with van der Waals surface area (Å²) in [6, 6.07) is 8.80. The largest absolute Gasteiger partial charge is 0.493 e. The number of aryl methyl sites for hydroxylation is 1. The molecule has 0 radical (unpaired) electrons. The summed E-state index contributed by atoms with van der Waals surface area (Å²) < 4.78 is 37.4. The van der Waals surface area contributed by atoms with E-state index in [1.165, 1.54) is 6.07 Å². The monoisotopic (exact) mass is 412 g/mol. The predicted octanol–water partition coefficient (Wildman–Crippen LogP) is 2.18. The van der Waals surface area contributed by atoms with Crippen molar-refractivity contribution in [2.45, 2.75) is 24.0 Å². The summed E-state index contributed by atoms with van der Waals surface area (Å²) in [5.41, 5.74) is 0.962. The van der Waals surface area contributed by atoms with Crippen molar-refractivity contribution in [1.82, 2.24) is 10.0 Å². The number of benzene rings is 1. The summed E-state index contributed by atoms with van der Waals surface area (Å²) in [7, 11) is -1.92. The minimum atomic E-state index is -3.50. The Kier molecular flexibility index (Phi) is 8.08. The Morgan fingerprint density at radius 3 is 2.67 bits per heavy atom.